The molecule has 31 heavy (non-hydrogen) atoms. The predicted octanol–water partition coefficient (Wildman–Crippen LogP) is 4.04. The lowest BCUT2D eigenvalue weighted by Gasteiger charge is -2.56. The molecule has 12 heteroatoms. The van der Waals surface area contributed by atoms with Crippen LogP contribution in [0.4, 0.5) is 26.3 Å². The lowest BCUT2D eigenvalue weighted by atomic mass is 9.48. The Kier molecular flexibility index (Phi) is 5.39. The quantitative estimate of drug-likeness (QED) is 0.347. The smallest absolute Gasteiger partial charge is 0.438 e. The molecule has 5 unspecified atom stereocenters. The summed E-state index contributed by atoms with van der Waals surface area (Å²) >= 11 is 0. The topological polar surface area (TPSA) is 83.5 Å². The van der Waals surface area contributed by atoms with E-state index in [0.29, 0.717) is 11.8 Å². The van der Waals surface area contributed by atoms with Gasteiger partial charge in [0.15, 0.2) is 0 Å². The lowest BCUT2D eigenvalue weighted by molar-refractivity contribution is -0.363. The fourth-order valence-electron chi connectivity index (χ4n) is 7.30. The van der Waals surface area contributed by atoms with Crippen molar-refractivity contribution in [1.82, 2.24) is 0 Å². The van der Waals surface area contributed by atoms with Gasteiger partial charge in [-0.3, -0.25) is 4.79 Å². The van der Waals surface area contributed by atoms with Gasteiger partial charge in [-0.25, -0.2) is 8.42 Å². The molecule has 2 bridgehead atoms. The van der Waals surface area contributed by atoms with Crippen molar-refractivity contribution in [2.45, 2.75) is 62.9 Å². The Morgan fingerprint density at radius 2 is 1.29 bits per heavy atom. The van der Waals surface area contributed by atoms with Crippen molar-refractivity contribution in [2.24, 2.45) is 41.4 Å². The van der Waals surface area contributed by atoms with Crippen molar-refractivity contribution in [1.29, 1.82) is 0 Å². The number of carbonyl (C=O) groups excluding carboxylic acids is 1. The van der Waals surface area contributed by atoms with Crippen LogP contribution in [-0.4, -0.2) is 42.6 Å². The van der Waals surface area contributed by atoms with Gasteiger partial charge in [-0.2, -0.15) is 26.3 Å². The molecule has 0 aromatic carbocycles. The van der Waals surface area contributed by atoms with Crippen LogP contribution in [0, 0.1) is 41.4 Å². The molecule has 5 saturated carbocycles. The summed E-state index contributed by atoms with van der Waals surface area (Å²) in [6.45, 7) is 0. The van der Waals surface area contributed by atoms with Crippen molar-refractivity contribution in [3.05, 3.63) is 0 Å². The number of alkyl halides is 6. The number of esters is 1. The second kappa shape index (κ2) is 7.23. The third-order valence-electron chi connectivity index (χ3n) is 8.20. The van der Waals surface area contributed by atoms with Crippen LogP contribution in [0.2, 0.25) is 0 Å². The zero-order valence-corrected chi connectivity index (χ0v) is 17.2. The average molecular weight is 477 g/mol. The Balaban J connectivity index is 1.68. The fraction of sp³-hybridized carbons (Fsp3) is 0.947. The van der Waals surface area contributed by atoms with Gasteiger partial charge in [0.25, 0.3) is 0 Å². The molecule has 0 aromatic heterocycles. The van der Waals surface area contributed by atoms with Crippen LogP contribution in [0.1, 0.15) is 44.9 Å². The summed E-state index contributed by atoms with van der Waals surface area (Å²) in [6.07, 6.45) is -7.23. The standard InChI is InChI=1S/C19H24F6O5S/c20-18(21,22)17(19(23,24)25,8-31(27,28)29)30-16(26)14-7-13-9-3-1-5-11(9)15(14)12-6-2-4-10(12)13/h9-15H,1-8H2,(H,27,28,29)/p-1. The van der Waals surface area contributed by atoms with Gasteiger partial charge < -0.3 is 9.29 Å². The second-order valence-electron chi connectivity index (χ2n) is 9.55. The maximum atomic E-state index is 13.5. The minimum Gasteiger partial charge on any atom is -0.748 e. The fourth-order valence-corrected chi connectivity index (χ4v) is 8.19. The van der Waals surface area contributed by atoms with Crippen molar-refractivity contribution in [3.8, 4) is 0 Å². The van der Waals surface area contributed by atoms with E-state index in [2.05, 4.69) is 4.74 Å². The zero-order valence-electron chi connectivity index (χ0n) is 16.4. The number of halogens is 6. The summed E-state index contributed by atoms with van der Waals surface area (Å²) in [5, 5.41) is 0. The molecule has 0 saturated heterocycles. The molecular weight excluding hydrogens is 454 g/mol. The average Bonchev–Trinajstić information content (AvgIpc) is 3.27. The Labute approximate surface area is 175 Å². The van der Waals surface area contributed by atoms with Crippen molar-refractivity contribution < 1.29 is 48.8 Å². The Bertz CT molecular complexity index is 802. The minimum atomic E-state index is -6.32. The number of fused-ring (bicyclic) bond motifs is 1. The Hall–Kier alpha value is -1.04. The van der Waals surface area contributed by atoms with Gasteiger partial charge in [0.05, 0.1) is 21.8 Å². The first kappa shape index (κ1) is 23.1. The van der Waals surface area contributed by atoms with E-state index in [1.165, 1.54) is 0 Å². The van der Waals surface area contributed by atoms with Crippen LogP contribution in [0.25, 0.3) is 0 Å². The summed E-state index contributed by atoms with van der Waals surface area (Å²) in [6, 6.07) is 0. The largest absolute Gasteiger partial charge is 0.748 e. The van der Waals surface area contributed by atoms with E-state index in [-0.39, 0.29) is 30.1 Å². The van der Waals surface area contributed by atoms with Gasteiger partial charge in [-0.15, -0.1) is 0 Å². The highest BCUT2D eigenvalue weighted by Gasteiger charge is 2.75. The molecule has 0 heterocycles. The van der Waals surface area contributed by atoms with Crippen LogP contribution in [0.5, 0.6) is 0 Å². The number of ether oxygens (including phenoxy) is 1. The molecule has 0 aromatic rings. The summed E-state index contributed by atoms with van der Waals surface area (Å²) in [5.41, 5.74) is -5.38. The van der Waals surface area contributed by atoms with Crippen LogP contribution in [0.3, 0.4) is 0 Å². The first-order chi connectivity index (χ1) is 14.2. The van der Waals surface area contributed by atoms with E-state index in [0.717, 1.165) is 38.5 Å². The molecule has 5 aliphatic carbocycles. The normalized spacial score (nSPS) is 38.1. The molecule has 5 atom stereocenters. The van der Waals surface area contributed by atoms with E-state index in [4.69, 9.17) is 0 Å². The van der Waals surface area contributed by atoms with Gasteiger partial charge in [0.1, 0.15) is 0 Å². The summed E-state index contributed by atoms with van der Waals surface area (Å²) in [7, 11) is -6.03. The van der Waals surface area contributed by atoms with Crippen LogP contribution >= 0.6 is 0 Å². The number of hydrogen-bond donors (Lipinski definition) is 0. The Morgan fingerprint density at radius 3 is 1.71 bits per heavy atom. The molecule has 178 valence electrons. The Morgan fingerprint density at radius 1 is 0.839 bits per heavy atom. The molecule has 5 fully saturated rings. The van der Waals surface area contributed by atoms with Crippen molar-refractivity contribution >= 4 is 16.1 Å². The highest BCUT2D eigenvalue weighted by molar-refractivity contribution is 7.85. The van der Waals surface area contributed by atoms with E-state index in [1.54, 1.807) is 0 Å². The third kappa shape index (κ3) is 3.65. The number of rotatable bonds is 4. The lowest BCUT2D eigenvalue weighted by Crippen LogP contribution is -2.64. The molecule has 0 N–H and O–H groups in total. The molecule has 0 spiro atoms. The van der Waals surface area contributed by atoms with E-state index >= 15 is 0 Å². The minimum absolute atomic E-state index is 0.0527. The second-order valence-corrected chi connectivity index (χ2v) is 11.0. The maximum Gasteiger partial charge on any atom is 0.438 e. The molecule has 0 amide bonds. The van der Waals surface area contributed by atoms with Crippen molar-refractivity contribution in [3.63, 3.8) is 0 Å². The highest BCUT2D eigenvalue weighted by atomic mass is 32.2. The van der Waals surface area contributed by atoms with Gasteiger partial charge in [-0.05, 0) is 67.6 Å². The molecule has 5 aliphatic rings. The van der Waals surface area contributed by atoms with E-state index in [1.807, 2.05) is 0 Å². The van der Waals surface area contributed by atoms with Crippen molar-refractivity contribution in [2.75, 3.05) is 5.75 Å². The number of hydrogen-bond acceptors (Lipinski definition) is 5. The molecule has 0 radical (unpaired) electrons. The summed E-state index contributed by atoms with van der Waals surface area (Å²) in [4.78, 5) is 12.8. The highest BCUT2D eigenvalue weighted by Crippen LogP contribution is 2.66. The molecule has 5 rings (SSSR count). The van der Waals surface area contributed by atoms with Gasteiger partial charge in [0, 0.05) is 0 Å². The maximum absolute atomic E-state index is 13.5. The van der Waals surface area contributed by atoms with Crippen LogP contribution < -0.4 is 0 Å². The van der Waals surface area contributed by atoms with Crippen LogP contribution in [0.15, 0.2) is 0 Å². The van der Waals surface area contributed by atoms with Gasteiger partial charge in [-0.1, -0.05) is 12.8 Å². The first-order valence-electron chi connectivity index (χ1n) is 10.5. The zero-order chi connectivity index (χ0) is 23.0. The third-order valence-corrected chi connectivity index (χ3v) is 8.96. The van der Waals surface area contributed by atoms with E-state index < -0.39 is 45.7 Å². The molecular formula is C19H23F6O5S-. The number of carbonyl (C=O) groups is 1. The van der Waals surface area contributed by atoms with E-state index in [9.17, 15) is 44.1 Å². The monoisotopic (exact) mass is 477 g/mol. The van der Waals surface area contributed by atoms with Gasteiger partial charge >= 0.3 is 23.9 Å². The summed E-state index contributed by atoms with van der Waals surface area (Å²) in [5.74, 6) is -5.31. The summed E-state index contributed by atoms with van der Waals surface area (Å²) < 4.78 is 118. The molecule has 0 aliphatic heterocycles. The van der Waals surface area contributed by atoms with Crippen LogP contribution in [-0.2, 0) is 19.6 Å². The van der Waals surface area contributed by atoms with Gasteiger partial charge in [0.2, 0.25) is 0 Å². The SMILES string of the molecule is O=C(OC(CS(=O)(=O)[O-])(C(F)(F)F)C(F)(F)F)C1CC2C3CCCC3C1C1CCCC21. The first-order valence-corrected chi connectivity index (χ1v) is 12.0. The molecule has 5 nitrogen and oxygen atoms in total. The predicted molar refractivity (Wildman–Crippen MR) is 92.2 cm³/mol.